The molecule has 0 aliphatic heterocycles. The average molecular weight is 377 g/mol. The molecular formula is C21H23N5O2. The average Bonchev–Trinajstić information content (AvgIpc) is 3.00. The van der Waals surface area contributed by atoms with Gasteiger partial charge < -0.3 is 10.6 Å². The van der Waals surface area contributed by atoms with Crippen LogP contribution in [0.4, 0.5) is 11.4 Å². The molecule has 1 aromatic heterocycles. The maximum Gasteiger partial charge on any atom is 0.278 e. The predicted molar refractivity (Wildman–Crippen MR) is 108 cm³/mol. The van der Waals surface area contributed by atoms with Gasteiger partial charge in [-0.05, 0) is 56.5 Å². The number of para-hydroxylation sites is 1. The molecule has 3 aromatic rings. The van der Waals surface area contributed by atoms with Crippen LogP contribution in [-0.4, -0.2) is 26.8 Å². The van der Waals surface area contributed by atoms with Crippen LogP contribution in [0.15, 0.2) is 42.5 Å². The minimum Gasteiger partial charge on any atom is -0.324 e. The standard InChI is InChI=1S/C21H23N5O2/c1-13-9-10-15(3)18(11-13)23-21(28)20-16(4)26(25-24-20)12-19(27)22-17-8-6-5-7-14(17)2/h5-11H,12H2,1-4H3,(H,22,27)(H,23,28). The minimum atomic E-state index is -0.350. The summed E-state index contributed by atoms with van der Waals surface area (Å²) in [6, 6.07) is 13.4. The van der Waals surface area contributed by atoms with Crippen LogP contribution >= 0.6 is 0 Å². The summed E-state index contributed by atoms with van der Waals surface area (Å²) in [6.07, 6.45) is 0. The number of amides is 2. The highest BCUT2D eigenvalue weighted by Gasteiger charge is 2.19. The number of carbonyl (C=O) groups excluding carboxylic acids is 2. The van der Waals surface area contributed by atoms with Crippen molar-refractivity contribution in [3.63, 3.8) is 0 Å². The first-order valence-corrected chi connectivity index (χ1v) is 8.99. The number of rotatable bonds is 5. The molecule has 0 radical (unpaired) electrons. The van der Waals surface area contributed by atoms with E-state index in [1.54, 1.807) is 6.92 Å². The van der Waals surface area contributed by atoms with Crippen molar-refractivity contribution in [3.8, 4) is 0 Å². The Morgan fingerprint density at radius 1 is 0.929 bits per heavy atom. The molecule has 2 amide bonds. The Hall–Kier alpha value is -3.48. The molecule has 0 unspecified atom stereocenters. The second-order valence-corrected chi connectivity index (χ2v) is 6.82. The number of hydrogen-bond donors (Lipinski definition) is 2. The molecule has 2 N–H and O–H groups in total. The van der Waals surface area contributed by atoms with E-state index in [1.165, 1.54) is 4.68 Å². The lowest BCUT2D eigenvalue weighted by molar-refractivity contribution is -0.117. The summed E-state index contributed by atoms with van der Waals surface area (Å²) in [5.74, 6) is -0.583. The highest BCUT2D eigenvalue weighted by molar-refractivity contribution is 6.04. The number of benzene rings is 2. The number of carbonyl (C=O) groups is 2. The molecule has 2 aromatic carbocycles. The zero-order valence-corrected chi connectivity index (χ0v) is 16.4. The van der Waals surface area contributed by atoms with Crippen LogP contribution in [0.2, 0.25) is 0 Å². The van der Waals surface area contributed by atoms with Crippen molar-refractivity contribution in [1.29, 1.82) is 0 Å². The molecule has 0 saturated heterocycles. The van der Waals surface area contributed by atoms with E-state index in [2.05, 4.69) is 20.9 Å². The van der Waals surface area contributed by atoms with Crippen molar-refractivity contribution in [2.75, 3.05) is 10.6 Å². The highest BCUT2D eigenvalue weighted by Crippen LogP contribution is 2.18. The zero-order valence-electron chi connectivity index (χ0n) is 16.4. The Bertz CT molecular complexity index is 1040. The van der Waals surface area contributed by atoms with E-state index in [9.17, 15) is 9.59 Å². The number of nitrogens with one attached hydrogen (secondary N) is 2. The molecule has 1 heterocycles. The fourth-order valence-corrected chi connectivity index (χ4v) is 2.81. The monoisotopic (exact) mass is 377 g/mol. The lowest BCUT2D eigenvalue weighted by Gasteiger charge is -2.09. The smallest absolute Gasteiger partial charge is 0.278 e. The molecule has 0 aliphatic carbocycles. The zero-order chi connectivity index (χ0) is 20.3. The summed E-state index contributed by atoms with van der Waals surface area (Å²) >= 11 is 0. The lowest BCUT2D eigenvalue weighted by atomic mass is 10.1. The van der Waals surface area contributed by atoms with E-state index < -0.39 is 0 Å². The molecular weight excluding hydrogens is 354 g/mol. The van der Waals surface area contributed by atoms with Crippen LogP contribution in [0.25, 0.3) is 0 Å². The van der Waals surface area contributed by atoms with Crippen LogP contribution in [0.5, 0.6) is 0 Å². The largest absolute Gasteiger partial charge is 0.324 e. The van der Waals surface area contributed by atoms with Gasteiger partial charge in [-0.2, -0.15) is 0 Å². The number of aromatic nitrogens is 3. The van der Waals surface area contributed by atoms with Crippen molar-refractivity contribution in [2.45, 2.75) is 34.2 Å². The number of hydrogen-bond acceptors (Lipinski definition) is 4. The van der Waals surface area contributed by atoms with Crippen molar-refractivity contribution in [1.82, 2.24) is 15.0 Å². The fraction of sp³-hybridized carbons (Fsp3) is 0.238. The highest BCUT2D eigenvalue weighted by atomic mass is 16.2. The summed E-state index contributed by atoms with van der Waals surface area (Å²) in [6.45, 7) is 7.51. The molecule has 7 heteroatoms. The van der Waals surface area contributed by atoms with Crippen LogP contribution in [0.3, 0.4) is 0 Å². The Balaban J connectivity index is 1.71. The van der Waals surface area contributed by atoms with Crippen LogP contribution in [0, 0.1) is 27.7 Å². The predicted octanol–water partition coefficient (Wildman–Crippen LogP) is 3.40. The summed E-state index contributed by atoms with van der Waals surface area (Å²) < 4.78 is 1.42. The quantitative estimate of drug-likeness (QED) is 0.713. The third kappa shape index (κ3) is 4.25. The maximum absolute atomic E-state index is 12.6. The van der Waals surface area contributed by atoms with Gasteiger partial charge in [0.05, 0.1) is 5.69 Å². The van der Waals surface area contributed by atoms with Crippen molar-refractivity contribution in [2.24, 2.45) is 0 Å². The molecule has 144 valence electrons. The minimum absolute atomic E-state index is 0.0239. The van der Waals surface area contributed by atoms with Gasteiger partial charge in [-0.1, -0.05) is 35.5 Å². The third-order valence-electron chi connectivity index (χ3n) is 4.55. The third-order valence-corrected chi connectivity index (χ3v) is 4.55. The normalized spacial score (nSPS) is 10.6. The Labute approximate surface area is 163 Å². The van der Waals surface area contributed by atoms with Gasteiger partial charge in [0.1, 0.15) is 6.54 Å². The molecule has 0 atom stereocenters. The molecule has 0 spiro atoms. The van der Waals surface area contributed by atoms with E-state index in [1.807, 2.05) is 63.2 Å². The van der Waals surface area contributed by atoms with Gasteiger partial charge in [-0.15, -0.1) is 5.10 Å². The van der Waals surface area contributed by atoms with E-state index in [0.29, 0.717) is 5.69 Å². The summed E-state index contributed by atoms with van der Waals surface area (Å²) in [5, 5.41) is 13.6. The topological polar surface area (TPSA) is 88.9 Å². The Morgan fingerprint density at radius 3 is 2.39 bits per heavy atom. The molecule has 7 nitrogen and oxygen atoms in total. The second-order valence-electron chi connectivity index (χ2n) is 6.82. The summed E-state index contributed by atoms with van der Waals surface area (Å²) in [5.41, 5.74) is 5.19. The van der Waals surface area contributed by atoms with E-state index in [0.717, 1.165) is 28.1 Å². The number of nitrogens with zero attached hydrogens (tertiary/aromatic N) is 3. The molecule has 0 bridgehead atoms. The summed E-state index contributed by atoms with van der Waals surface area (Å²) in [7, 11) is 0. The van der Waals surface area contributed by atoms with Crippen LogP contribution in [0.1, 0.15) is 32.9 Å². The fourth-order valence-electron chi connectivity index (χ4n) is 2.81. The van der Waals surface area contributed by atoms with Crippen molar-refractivity contribution in [3.05, 3.63) is 70.5 Å². The first kappa shape index (κ1) is 19.3. The Kier molecular flexibility index (Phi) is 5.54. The van der Waals surface area contributed by atoms with Gasteiger partial charge in [0.15, 0.2) is 5.69 Å². The molecule has 0 aliphatic rings. The van der Waals surface area contributed by atoms with Gasteiger partial charge in [0, 0.05) is 11.4 Å². The maximum atomic E-state index is 12.6. The van der Waals surface area contributed by atoms with Gasteiger partial charge in [-0.3, -0.25) is 9.59 Å². The van der Waals surface area contributed by atoms with E-state index in [4.69, 9.17) is 0 Å². The first-order valence-electron chi connectivity index (χ1n) is 8.99. The molecule has 0 fully saturated rings. The van der Waals surface area contributed by atoms with Crippen LogP contribution in [-0.2, 0) is 11.3 Å². The second kappa shape index (κ2) is 8.04. The van der Waals surface area contributed by atoms with Gasteiger partial charge >= 0.3 is 0 Å². The van der Waals surface area contributed by atoms with Gasteiger partial charge in [0.25, 0.3) is 5.91 Å². The van der Waals surface area contributed by atoms with E-state index >= 15 is 0 Å². The number of aryl methyl sites for hydroxylation is 3. The van der Waals surface area contributed by atoms with Crippen molar-refractivity contribution >= 4 is 23.2 Å². The molecule has 28 heavy (non-hydrogen) atoms. The number of anilines is 2. The van der Waals surface area contributed by atoms with Gasteiger partial charge in [-0.25, -0.2) is 4.68 Å². The Morgan fingerprint density at radius 2 is 1.64 bits per heavy atom. The summed E-state index contributed by atoms with van der Waals surface area (Å²) in [4.78, 5) is 24.9. The van der Waals surface area contributed by atoms with E-state index in [-0.39, 0.29) is 24.1 Å². The lowest BCUT2D eigenvalue weighted by Crippen LogP contribution is -2.21. The molecule has 0 saturated carbocycles. The van der Waals surface area contributed by atoms with Crippen molar-refractivity contribution < 1.29 is 9.59 Å². The first-order chi connectivity index (χ1) is 13.3. The van der Waals surface area contributed by atoms with Gasteiger partial charge in [0.2, 0.25) is 5.91 Å². The SMILES string of the molecule is Cc1ccc(C)c(NC(=O)c2nnn(CC(=O)Nc3ccccc3C)c2C)c1. The van der Waals surface area contributed by atoms with Crippen LogP contribution < -0.4 is 10.6 Å². The molecule has 3 rings (SSSR count).